The summed E-state index contributed by atoms with van der Waals surface area (Å²) in [6.07, 6.45) is 3.32. The number of aromatic nitrogens is 1. The molecule has 3 atom stereocenters. The number of ether oxygens (including phenoxy) is 2. The lowest BCUT2D eigenvalue weighted by Crippen LogP contribution is -2.56. The van der Waals surface area contributed by atoms with Gasteiger partial charge in [0.1, 0.15) is 23.5 Å². The van der Waals surface area contributed by atoms with Crippen LogP contribution < -0.4 is 15.4 Å². The normalized spacial score (nSPS) is 19.0. The van der Waals surface area contributed by atoms with Gasteiger partial charge in [-0.05, 0) is 70.6 Å². The zero-order chi connectivity index (χ0) is 36.7. The first-order chi connectivity index (χ1) is 24.4. The van der Waals surface area contributed by atoms with E-state index in [1.807, 2.05) is 13.0 Å². The first-order valence-electron chi connectivity index (χ1n) is 17.9. The second-order valence-corrected chi connectivity index (χ2v) is 13.4. The lowest BCUT2D eigenvalue weighted by atomic mass is 10.1. The van der Waals surface area contributed by atoms with Gasteiger partial charge in [0, 0.05) is 56.6 Å². The summed E-state index contributed by atoms with van der Waals surface area (Å²) in [6, 6.07) is 5.21. The summed E-state index contributed by atoms with van der Waals surface area (Å²) in [5.41, 5.74) is 1.21. The molecule has 5 amide bonds. The molecule has 2 saturated heterocycles. The summed E-state index contributed by atoms with van der Waals surface area (Å²) in [5.74, 6) is -2.59. The summed E-state index contributed by atoms with van der Waals surface area (Å²) in [6.45, 7) is 6.68. The summed E-state index contributed by atoms with van der Waals surface area (Å²) in [4.78, 5) is 86.8. The highest BCUT2D eigenvalue weighted by molar-refractivity contribution is 6.00. The fourth-order valence-corrected chi connectivity index (χ4v) is 6.97. The van der Waals surface area contributed by atoms with Crippen molar-refractivity contribution in [2.75, 3.05) is 39.3 Å². The number of carbonyl (C=O) groups excluding carboxylic acids is 5. The summed E-state index contributed by atoms with van der Waals surface area (Å²) in [5, 5.41) is 15.7. The van der Waals surface area contributed by atoms with Gasteiger partial charge in [-0.1, -0.05) is 18.9 Å². The number of nitrogens with one attached hydrogen (secondary N) is 2. The maximum Gasteiger partial charge on any atom is 0.409 e. The molecule has 3 aliphatic rings. The van der Waals surface area contributed by atoms with Gasteiger partial charge in [0.15, 0.2) is 6.10 Å². The molecule has 15 nitrogen and oxygen atoms in total. The number of aliphatic carboxylic acids is 1. The third kappa shape index (κ3) is 9.24. The van der Waals surface area contributed by atoms with Crippen LogP contribution in [0.1, 0.15) is 81.3 Å². The molecular weight excluding hydrogens is 660 g/mol. The average Bonchev–Trinajstić information content (AvgIpc) is 3.82. The molecule has 1 saturated carbocycles. The summed E-state index contributed by atoms with van der Waals surface area (Å²) < 4.78 is 11.3. The fourth-order valence-electron chi connectivity index (χ4n) is 6.97. The number of carbonyl (C=O) groups is 6. The molecule has 0 radical (unpaired) electrons. The zero-order valence-electron chi connectivity index (χ0n) is 29.5. The monoisotopic (exact) mass is 708 g/mol. The van der Waals surface area contributed by atoms with Gasteiger partial charge in [-0.15, -0.1) is 0 Å². The van der Waals surface area contributed by atoms with Crippen LogP contribution in [-0.2, 0) is 23.9 Å². The topological polar surface area (TPSA) is 188 Å². The Morgan fingerprint density at radius 3 is 2.33 bits per heavy atom. The number of likely N-dealkylation sites (tertiary alicyclic amines) is 1. The molecule has 5 rings (SSSR count). The Labute approximate surface area is 297 Å². The minimum atomic E-state index is -1.18. The second-order valence-electron chi connectivity index (χ2n) is 13.4. The molecule has 1 aliphatic carbocycles. The van der Waals surface area contributed by atoms with Gasteiger partial charge in [0.2, 0.25) is 11.8 Å². The molecule has 51 heavy (non-hydrogen) atoms. The van der Waals surface area contributed by atoms with E-state index in [4.69, 9.17) is 9.47 Å². The number of nitrogens with zero attached hydrogens (tertiary/aromatic N) is 4. The number of pyridine rings is 1. The molecule has 3 fully saturated rings. The van der Waals surface area contributed by atoms with Crippen LogP contribution in [0.5, 0.6) is 5.75 Å². The second kappa shape index (κ2) is 16.8. The first-order valence-corrected chi connectivity index (χ1v) is 17.9. The van der Waals surface area contributed by atoms with E-state index in [0.29, 0.717) is 30.3 Å². The van der Waals surface area contributed by atoms with Gasteiger partial charge in [-0.25, -0.2) is 9.78 Å². The smallest absolute Gasteiger partial charge is 0.409 e. The number of aryl methyl sites for hydroxylation is 1. The Hall–Kier alpha value is -4.95. The molecule has 0 spiro atoms. The van der Waals surface area contributed by atoms with Crippen LogP contribution in [0.25, 0.3) is 10.9 Å². The lowest BCUT2D eigenvalue weighted by Gasteiger charge is -2.35. The van der Waals surface area contributed by atoms with Crippen molar-refractivity contribution < 1.29 is 43.3 Å². The quantitative estimate of drug-likeness (QED) is 0.296. The zero-order valence-corrected chi connectivity index (χ0v) is 29.5. The summed E-state index contributed by atoms with van der Waals surface area (Å²) in [7, 11) is 0. The Bertz CT molecular complexity index is 1640. The van der Waals surface area contributed by atoms with Gasteiger partial charge in [-0.2, -0.15) is 0 Å². The van der Waals surface area contributed by atoms with Gasteiger partial charge in [0.25, 0.3) is 11.8 Å². The highest BCUT2D eigenvalue weighted by Crippen LogP contribution is 2.29. The molecule has 0 bridgehead atoms. The van der Waals surface area contributed by atoms with E-state index in [1.54, 1.807) is 30.9 Å². The van der Waals surface area contributed by atoms with E-state index in [-0.39, 0.29) is 74.9 Å². The Balaban J connectivity index is 1.32. The number of carboxylic acid groups (broad SMARTS) is 1. The van der Waals surface area contributed by atoms with Crippen molar-refractivity contribution in [2.24, 2.45) is 0 Å². The van der Waals surface area contributed by atoms with Crippen LogP contribution in [0.3, 0.4) is 0 Å². The van der Waals surface area contributed by atoms with Gasteiger partial charge < -0.3 is 39.9 Å². The number of carboxylic acids is 1. The number of fused-ring (bicyclic) bond motifs is 1. The molecule has 0 unspecified atom stereocenters. The minimum Gasteiger partial charge on any atom is -0.481 e. The number of benzene rings is 1. The number of rotatable bonds is 12. The largest absolute Gasteiger partial charge is 0.481 e. The number of hydrogen-bond acceptors (Lipinski definition) is 9. The van der Waals surface area contributed by atoms with E-state index >= 15 is 0 Å². The van der Waals surface area contributed by atoms with E-state index in [1.165, 1.54) is 15.9 Å². The van der Waals surface area contributed by atoms with Crippen LogP contribution >= 0.6 is 0 Å². The molecule has 2 aliphatic heterocycles. The van der Waals surface area contributed by atoms with Crippen molar-refractivity contribution in [1.29, 1.82) is 0 Å². The van der Waals surface area contributed by atoms with Crippen LogP contribution in [0.2, 0.25) is 0 Å². The first kappa shape index (κ1) is 37.3. The van der Waals surface area contributed by atoms with Crippen LogP contribution in [0, 0.1) is 6.92 Å². The number of piperazine rings is 1. The Morgan fingerprint density at radius 2 is 1.65 bits per heavy atom. The van der Waals surface area contributed by atoms with Gasteiger partial charge in [-0.3, -0.25) is 24.0 Å². The van der Waals surface area contributed by atoms with Crippen molar-refractivity contribution in [3.05, 3.63) is 35.5 Å². The van der Waals surface area contributed by atoms with Crippen molar-refractivity contribution in [3.63, 3.8) is 0 Å². The van der Waals surface area contributed by atoms with E-state index in [0.717, 1.165) is 31.2 Å². The minimum absolute atomic E-state index is 0.0852. The van der Waals surface area contributed by atoms with E-state index in [2.05, 4.69) is 15.6 Å². The Morgan fingerprint density at radius 1 is 0.941 bits per heavy atom. The predicted octanol–water partition coefficient (Wildman–Crippen LogP) is 2.62. The van der Waals surface area contributed by atoms with Crippen LogP contribution in [0.4, 0.5) is 4.79 Å². The molecule has 15 heteroatoms. The molecule has 1 aromatic heterocycles. The SMILES string of the molecule is CCOC(=O)N1CCN(C(=O)[C@H](CCC(=O)O)NC(=O)c2cc(O[C@H](C)C(=O)N3CCC[C@H]3C(=O)NC3CCCC3)c3ccc(C)cc3n2)CC1. The average molecular weight is 709 g/mol. The van der Waals surface area contributed by atoms with Gasteiger partial charge in [0.05, 0.1) is 12.1 Å². The molecule has 3 heterocycles. The van der Waals surface area contributed by atoms with Crippen molar-refractivity contribution in [1.82, 2.24) is 30.3 Å². The lowest BCUT2D eigenvalue weighted by molar-refractivity contribution is -0.143. The summed E-state index contributed by atoms with van der Waals surface area (Å²) >= 11 is 0. The molecule has 1 aromatic carbocycles. The third-order valence-corrected chi connectivity index (χ3v) is 9.72. The number of amides is 5. The highest BCUT2D eigenvalue weighted by atomic mass is 16.6. The fraction of sp³-hybridized carbons (Fsp3) is 0.583. The van der Waals surface area contributed by atoms with Crippen LogP contribution in [0.15, 0.2) is 24.3 Å². The maximum atomic E-state index is 13.7. The molecular formula is C36H48N6O9. The standard InChI is InChI=1S/C36H48N6O9/c1-4-50-36(49)41-18-16-40(17-19-41)35(48)26(13-14-31(43)44)39-32(45)28-21-30(25-12-11-22(2)20-27(25)38-28)51-23(3)34(47)42-15-7-10-29(42)33(46)37-24-8-5-6-9-24/h11-12,20-21,23-24,26,29H,4-10,13-19H2,1-3H3,(H,37,46)(H,39,45)(H,43,44)/t23-,26+,29+/m1/s1. The predicted molar refractivity (Wildman–Crippen MR) is 185 cm³/mol. The van der Waals surface area contributed by atoms with Crippen molar-refractivity contribution in [2.45, 2.75) is 96.4 Å². The van der Waals surface area contributed by atoms with E-state index < -0.39 is 42.1 Å². The molecule has 2 aromatic rings. The Kier molecular flexibility index (Phi) is 12.3. The molecule has 276 valence electrons. The van der Waals surface area contributed by atoms with E-state index in [9.17, 15) is 33.9 Å². The van der Waals surface area contributed by atoms with Crippen molar-refractivity contribution in [3.8, 4) is 5.75 Å². The number of hydrogen-bond donors (Lipinski definition) is 3. The maximum absolute atomic E-state index is 13.7. The van der Waals surface area contributed by atoms with Crippen molar-refractivity contribution >= 4 is 46.6 Å². The highest BCUT2D eigenvalue weighted by Gasteiger charge is 2.38. The third-order valence-electron chi connectivity index (χ3n) is 9.72. The van der Waals surface area contributed by atoms with Gasteiger partial charge >= 0.3 is 12.1 Å². The molecule has 3 N–H and O–H groups in total. The van der Waals surface area contributed by atoms with Crippen LogP contribution in [-0.4, -0.2) is 124 Å².